The smallest absolute Gasteiger partial charge is 0.120 e. The van der Waals surface area contributed by atoms with E-state index in [0.29, 0.717) is 5.75 Å². The van der Waals surface area contributed by atoms with Crippen molar-refractivity contribution in [3.63, 3.8) is 0 Å². The number of rotatable bonds is 3. The van der Waals surface area contributed by atoms with Crippen LogP contribution in [-0.2, 0) is 12.8 Å². The van der Waals surface area contributed by atoms with Gasteiger partial charge in [-0.15, -0.1) is 0 Å². The van der Waals surface area contributed by atoms with Crippen LogP contribution in [0.1, 0.15) is 48.1 Å². The van der Waals surface area contributed by atoms with Crippen LogP contribution in [0.2, 0.25) is 0 Å². The monoisotopic (exact) mass is 281 g/mol. The SMILES string of the molecule is Cc1ccc(NC(C)c2ccc3c(c2)CCCC3)cc1O. The molecule has 2 heteroatoms. The molecule has 0 spiro atoms. The van der Waals surface area contributed by atoms with Crippen LogP contribution >= 0.6 is 0 Å². The van der Waals surface area contributed by atoms with Gasteiger partial charge in [0.1, 0.15) is 5.75 Å². The molecule has 2 aromatic carbocycles. The van der Waals surface area contributed by atoms with Crippen LogP contribution in [0.4, 0.5) is 5.69 Å². The number of phenolic OH excluding ortho intramolecular Hbond substituents is 1. The molecular formula is C19H23NO. The average Bonchev–Trinajstić information content (AvgIpc) is 2.50. The number of phenols is 1. The van der Waals surface area contributed by atoms with Gasteiger partial charge in [-0.05, 0) is 67.9 Å². The molecule has 0 saturated carbocycles. The normalized spacial score (nSPS) is 15.3. The van der Waals surface area contributed by atoms with Crippen LogP contribution < -0.4 is 5.32 Å². The van der Waals surface area contributed by atoms with Gasteiger partial charge in [0.2, 0.25) is 0 Å². The van der Waals surface area contributed by atoms with Crippen molar-refractivity contribution in [3.8, 4) is 5.75 Å². The summed E-state index contributed by atoms with van der Waals surface area (Å²) in [5, 5.41) is 13.3. The summed E-state index contributed by atoms with van der Waals surface area (Å²) >= 11 is 0. The van der Waals surface area contributed by atoms with E-state index in [2.05, 4.69) is 30.4 Å². The number of hydrogen-bond acceptors (Lipinski definition) is 2. The zero-order valence-electron chi connectivity index (χ0n) is 12.8. The minimum Gasteiger partial charge on any atom is -0.508 e. The Morgan fingerprint density at radius 1 is 1.00 bits per heavy atom. The quantitative estimate of drug-likeness (QED) is 0.850. The number of aromatic hydroxyl groups is 1. The first-order valence-corrected chi connectivity index (χ1v) is 7.81. The molecule has 110 valence electrons. The van der Waals surface area contributed by atoms with Crippen molar-refractivity contribution in [2.45, 2.75) is 45.6 Å². The molecule has 0 aromatic heterocycles. The van der Waals surface area contributed by atoms with Crippen LogP contribution in [-0.4, -0.2) is 5.11 Å². The Labute approximate surface area is 126 Å². The molecular weight excluding hydrogens is 258 g/mol. The summed E-state index contributed by atoms with van der Waals surface area (Å²) in [5.74, 6) is 0.345. The van der Waals surface area contributed by atoms with Crippen LogP contribution in [0.3, 0.4) is 0 Å². The predicted octanol–water partition coefficient (Wildman–Crippen LogP) is 4.75. The summed E-state index contributed by atoms with van der Waals surface area (Å²) < 4.78 is 0. The van der Waals surface area contributed by atoms with E-state index in [4.69, 9.17) is 0 Å². The molecule has 0 fully saturated rings. The summed E-state index contributed by atoms with van der Waals surface area (Å²) in [4.78, 5) is 0. The van der Waals surface area contributed by atoms with Crippen LogP contribution in [0.25, 0.3) is 0 Å². The van der Waals surface area contributed by atoms with Crippen molar-refractivity contribution in [1.29, 1.82) is 0 Å². The molecule has 21 heavy (non-hydrogen) atoms. The van der Waals surface area contributed by atoms with Gasteiger partial charge in [-0.25, -0.2) is 0 Å². The lowest BCUT2D eigenvalue weighted by Gasteiger charge is -2.21. The maximum absolute atomic E-state index is 9.80. The molecule has 0 radical (unpaired) electrons. The van der Waals surface area contributed by atoms with E-state index in [1.54, 1.807) is 6.07 Å². The largest absolute Gasteiger partial charge is 0.508 e. The van der Waals surface area contributed by atoms with Gasteiger partial charge >= 0.3 is 0 Å². The van der Waals surface area contributed by atoms with Crippen molar-refractivity contribution in [2.24, 2.45) is 0 Å². The van der Waals surface area contributed by atoms with E-state index < -0.39 is 0 Å². The Bertz CT molecular complexity index is 648. The topological polar surface area (TPSA) is 32.3 Å². The fourth-order valence-corrected chi connectivity index (χ4v) is 3.06. The molecule has 0 saturated heterocycles. The number of fused-ring (bicyclic) bond motifs is 1. The van der Waals surface area contributed by atoms with E-state index in [0.717, 1.165) is 11.3 Å². The van der Waals surface area contributed by atoms with Gasteiger partial charge in [-0.3, -0.25) is 0 Å². The number of hydrogen-bond donors (Lipinski definition) is 2. The number of nitrogens with one attached hydrogen (secondary N) is 1. The van der Waals surface area contributed by atoms with E-state index >= 15 is 0 Å². The molecule has 2 N–H and O–H groups in total. The van der Waals surface area contributed by atoms with Crippen LogP contribution in [0, 0.1) is 6.92 Å². The highest BCUT2D eigenvalue weighted by atomic mass is 16.3. The zero-order chi connectivity index (χ0) is 14.8. The highest BCUT2D eigenvalue weighted by Gasteiger charge is 2.12. The molecule has 0 heterocycles. The Balaban J connectivity index is 1.78. The summed E-state index contributed by atoms with van der Waals surface area (Å²) in [7, 11) is 0. The van der Waals surface area contributed by atoms with E-state index in [1.165, 1.54) is 42.4 Å². The Hall–Kier alpha value is -1.96. The summed E-state index contributed by atoms with van der Waals surface area (Å²) in [6.45, 7) is 4.08. The first-order valence-electron chi connectivity index (χ1n) is 7.81. The molecule has 1 atom stereocenters. The fourth-order valence-electron chi connectivity index (χ4n) is 3.06. The van der Waals surface area contributed by atoms with E-state index in [-0.39, 0.29) is 6.04 Å². The van der Waals surface area contributed by atoms with Crippen molar-refractivity contribution in [3.05, 3.63) is 58.7 Å². The van der Waals surface area contributed by atoms with E-state index in [9.17, 15) is 5.11 Å². The first kappa shape index (κ1) is 14.0. The van der Waals surface area contributed by atoms with Crippen molar-refractivity contribution < 1.29 is 5.11 Å². The second-order valence-corrected chi connectivity index (χ2v) is 6.10. The van der Waals surface area contributed by atoms with Crippen LogP contribution in [0.15, 0.2) is 36.4 Å². The third kappa shape index (κ3) is 3.05. The molecule has 3 rings (SSSR count). The number of aryl methyl sites for hydroxylation is 3. The molecule has 1 unspecified atom stereocenters. The summed E-state index contributed by atoms with van der Waals surface area (Å²) in [5.41, 5.74) is 6.21. The van der Waals surface area contributed by atoms with Gasteiger partial charge in [0.15, 0.2) is 0 Å². The van der Waals surface area contributed by atoms with Crippen molar-refractivity contribution in [2.75, 3.05) is 5.32 Å². The fraction of sp³-hybridized carbons (Fsp3) is 0.368. The number of benzene rings is 2. The van der Waals surface area contributed by atoms with Gasteiger partial charge < -0.3 is 10.4 Å². The van der Waals surface area contributed by atoms with Gasteiger partial charge in [-0.1, -0.05) is 24.3 Å². The van der Waals surface area contributed by atoms with Crippen molar-refractivity contribution >= 4 is 5.69 Å². The average molecular weight is 281 g/mol. The first-order chi connectivity index (χ1) is 10.1. The van der Waals surface area contributed by atoms with Crippen molar-refractivity contribution in [1.82, 2.24) is 0 Å². The molecule has 2 aromatic rings. The minimum absolute atomic E-state index is 0.235. The van der Waals surface area contributed by atoms with Gasteiger partial charge in [0.25, 0.3) is 0 Å². The second-order valence-electron chi connectivity index (χ2n) is 6.10. The van der Waals surface area contributed by atoms with Crippen LogP contribution in [0.5, 0.6) is 5.75 Å². The Morgan fingerprint density at radius 3 is 2.52 bits per heavy atom. The third-order valence-corrected chi connectivity index (χ3v) is 4.46. The maximum Gasteiger partial charge on any atom is 0.120 e. The highest BCUT2D eigenvalue weighted by molar-refractivity contribution is 5.52. The molecule has 1 aliphatic rings. The second kappa shape index (κ2) is 5.80. The lowest BCUT2D eigenvalue weighted by atomic mass is 9.89. The predicted molar refractivity (Wildman–Crippen MR) is 88.0 cm³/mol. The Kier molecular flexibility index (Phi) is 3.87. The van der Waals surface area contributed by atoms with Gasteiger partial charge in [0.05, 0.1) is 0 Å². The molecule has 0 amide bonds. The van der Waals surface area contributed by atoms with E-state index in [1.807, 2.05) is 19.1 Å². The number of anilines is 1. The molecule has 0 bridgehead atoms. The molecule has 1 aliphatic carbocycles. The maximum atomic E-state index is 9.80. The summed E-state index contributed by atoms with van der Waals surface area (Å²) in [6.07, 6.45) is 5.07. The molecule has 0 aliphatic heterocycles. The standard InChI is InChI=1S/C19H23NO/c1-13-7-10-18(12-19(13)21)20-14(2)16-9-8-15-5-3-4-6-17(15)11-16/h7-12,14,20-21H,3-6H2,1-2H3. The Morgan fingerprint density at radius 2 is 1.76 bits per heavy atom. The summed E-state index contributed by atoms with van der Waals surface area (Å²) in [6, 6.07) is 12.9. The zero-order valence-corrected chi connectivity index (χ0v) is 12.8. The lowest BCUT2D eigenvalue weighted by Crippen LogP contribution is -2.09. The third-order valence-electron chi connectivity index (χ3n) is 4.46. The lowest BCUT2D eigenvalue weighted by molar-refractivity contribution is 0.471. The minimum atomic E-state index is 0.235. The molecule has 2 nitrogen and oxygen atoms in total. The highest BCUT2D eigenvalue weighted by Crippen LogP contribution is 2.28. The van der Waals surface area contributed by atoms with Gasteiger partial charge in [0, 0.05) is 17.8 Å². The van der Waals surface area contributed by atoms with Gasteiger partial charge in [-0.2, -0.15) is 0 Å².